The van der Waals surface area contributed by atoms with Crippen LogP contribution in [0.3, 0.4) is 0 Å². The molecule has 30 heavy (non-hydrogen) atoms. The maximum absolute atomic E-state index is 4.81. The van der Waals surface area contributed by atoms with Gasteiger partial charge in [0.15, 0.2) is 0 Å². The summed E-state index contributed by atoms with van der Waals surface area (Å²) in [6.07, 6.45) is 10.6. The molecule has 2 N–H and O–H groups in total. The van der Waals surface area contributed by atoms with Crippen LogP contribution in [0.5, 0.6) is 0 Å². The summed E-state index contributed by atoms with van der Waals surface area (Å²) >= 11 is 0. The summed E-state index contributed by atoms with van der Waals surface area (Å²) in [6.45, 7) is 1.97. The van der Waals surface area contributed by atoms with Crippen molar-refractivity contribution >= 4 is 22.1 Å². The second-order valence-electron chi connectivity index (χ2n) is 6.99. The molecule has 0 atom stereocenters. The van der Waals surface area contributed by atoms with E-state index in [0.717, 1.165) is 56.1 Å². The molecule has 0 fully saturated rings. The van der Waals surface area contributed by atoms with Crippen molar-refractivity contribution in [2.75, 3.05) is 0 Å². The number of aromatic nitrogens is 9. The fourth-order valence-electron chi connectivity index (χ4n) is 3.60. The third-order valence-corrected chi connectivity index (χ3v) is 5.02. The van der Waals surface area contributed by atoms with Gasteiger partial charge in [-0.3, -0.25) is 5.10 Å². The number of H-pyrrole nitrogens is 2. The average molecular weight is 393 g/mol. The summed E-state index contributed by atoms with van der Waals surface area (Å²) in [7, 11) is 0. The molecule has 144 valence electrons. The number of nitrogens with zero attached hydrogens (tertiary/aromatic N) is 7. The fraction of sp³-hybridized carbons (Fsp3) is 0.0476. The first-order valence-electron chi connectivity index (χ1n) is 9.36. The minimum absolute atomic E-state index is 0.731. The SMILES string of the molecule is Cc1cn(-c2ccnc3[nH]c(-c4n[nH]c5ccc(-c6cncnc6)nc45)cc23)cn1. The summed E-state index contributed by atoms with van der Waals surface area (Å²) in [4.78, 5) is 25.2. The molecule has 6 rings (SSSR count). The Hall–Kier alpha value is -4.40. The van der Waals surface area contributed by atoms with Crippen molar-refractivity contribution in [2.24, 2.45) is 0 Å². The van der Waals surface area contributed by atoms with Crippen molar-refractivity contribution in [3.8, 4) is 28.3 Å². The van der Waals surface area contributed by atoms with Gasteiger partial charge in [-0.15, -0.1) is 0 Å². The Morgan fingerprint density at radius 1 is 1.03 bits per heavy atom. The summed E-state index contributed by atoms with van der Waals surface area (Å²) < 4.78 is 1.99. The van der Waals surface area contributed by atoms with E-state index in [2.05, 4.69) is 35.1 Å². The highest BCUT2D eigenvalue weighted by Crippen LogP contribution is 2.30. The third kappa shape index (κ3) is 2.56. The Labute approximate surface area is 169 Å². The largest absolute Gasteiger partial charge is 0.338 e. The van der Waals surface area contributed by atoms with Gasteiger partial charge >= 0.3 is 0 Å². The minimum atomic E-state index is 0.731. The van der Waals surface area contributed by atoms with E-state index in [1.807, 2.05) is 42.0 Å². The molecule has 0 aliphatic heterocycles. The number of aromatic amines is 2. The number of hydrogen-bond acceptors (Lipinski definition) is 6. The lowest BCUT2D eigenvalue weighted by Gasteiger charge is -2.02. The first-order chi connectivity index (χ1) is 14.8. The van der Waals surface area contributed by atoms with Gasteiger partial charge in [0.05, 0.1) is 34.6 Å². The molecule has 0 saturated carbocycles. The molecule has 9 heteroatoms. The first-order valence-corrected chi connectivity index (χ1v) is 9.36. The van der Waals surface area contributed by atoms with Crippen LogP contribution in [0.25, 0.3) is 50.4 Å². The van der Waals surface area contributed by atoms with E-state index >= 15 is 0 Å². The fourth-order valence-corrected chi connectivity index (χ4v) is 3.60. The molecule has 6 aromatic heterocycles. The van der Waals surface area contributed by atoms with Gasteiger partial charge in [-0.05, 0) is 31.2 Å². The highest BCUT2D eigenvalue weighted by molar-refractivity contribution is 5.95. The molecule has 6 aromatic rings. The quantitative estimate of drug-likeness (QED) is 0.476. The summed E-state index contributed by atoms with van der Waals surface area (Å²) in [5.74, 6) is 0. The molecular weight excluding hydrogens is 378 g/mol. The van der Waals surface area contributed by atoms with Crippen LogP contribution >= 0.6 is 0 Å². The highest BCUT2D eigenvalue weighted by atomic mass is 15.1. The number of aryl methyl sites for hydroxylation is 1. The van der Waals surface area contributed by atoms with Gasteiger partial charge in [-0.25, -0.2) is 24.9 Å². The van der Waals surface area contributed by atoms with Crippen molar-refractivity contribution in [3.05, 3.63) is 67.4 Å². The van der Waals surface area contributed by atoms with Crippen molar-refractivity contribution in [1.82, 2.24) is 44.7 Å². The predicted molar refractivity (Wildman–Crippen MR) is 112 cm³/mol. The lowest BCUT2D eigenvalue weighted by molar-refractivity contribution is 1.06. The molecule has 0 saturated heterocycles. The van der Waals surface area contributed by atoms with Gasteiger partial charge in [0.1, 0.15) is 23.2 Å². The normalized spacial score (nSPS) is 11.5. The summed E-state index contributed by atoms with van der Waals surface area (Å²) in [5.41, 5.74) is 7.55. The van der Waals surface area contributed by atoms with E-state index in [9.17, 15) is 0 Å². The maximum atomic E-state index is 4.81. The first kappa shape index (κ1) is 16.5. The molecule has 0 aliphatic carbocycles. The smallest absolute Gasteiger partial charge is 0.139 e. The molecule has 0 radical (unpaired) electrons. The van der Waals surface area contributed by atoms with Crippen LogP contribution in [-0.4, -0.2) is 44.7 Å². The number of imidazole rings is 1. The lowest BCUT2D eigenvalue weighted by Crippen LogP contribution is -1.91. The van der Waals surface area contributed by atoms with Gasteiger partial charge in [0, 0.05) is 35.7 Å². The Balaban J connectivity index is 1.52. The van der Waals surface area contributed by atoms with E-state index in [1.165, 1.54) is 6.33 Å². The van der Waals surface area contributed by atoms with Crippen LogP contribution in [0.4, 0.5) is 0 Å². The van der Waals surface area contributed by atoms with Crippen LogP contribution in [0.1, 0.15) is 5.69 Å². The number of rotatable bonds is 3. The Morgan fingerprint density at radius 3 is 2.77 bits per heavy atom. The predicted octanol–water partition coefficient (Wildman–Crippen LogP) is 3.45. The van der Waals surface area contributed by atoms with E-state index in [1.54, 1.807) is 24.9 Å². The standard InChI is InChI=1S/C21H15N9/c1-12-9-30(11-25-12)18-4-5-24-21-14(18)6-17(27-21)20-19-16(28-29-20)3-2-15(26-19)13-7-22-10-23-8-13/h2-11H,1H3,(H,24,27)(H,28,29). The minimum Gasteiger partial charge on any atom is -0.338 e. The van der Waals surface area contributed by atoms with E-state index in [4.69, 9.17) is 4.98 Å². The molecular formula is C21H15N9. The number of nitrogens with one attached hydrogen (secondary N) is 2. The topological polar surface area (TPSA) is 114 Å². The molecule has 0 unspecified atom stereocenters. The Kier molecular flexibility index (Phi) is 3.48. The van der Waals surface area contributed by atoms with Gasteiger partial charge in [-0.2, -0.15) is 5.10 Å². The second-order valence-corrected chi connectivity index (χ2v) is 6.99. The van der Waals surface area contributed by atoms with Crippen LogP contribution in [0.15, 0.2) is 61.7 Å². The van der Waals surface area contributed by atoms with Gasteiger partial charge < -0.3 is 9.55 Å². The van der Waals surface area contributed by atoms with Crippen molar-refractivity contribution in [1.29, 1.82) is 0 Å². The second kappa shape index (κ2) is 6.31. The molecule has 0 bridgehead atoms. The van der Waals surface area contributed by atoms with Crippen LogP contribution < -0.4 is 0 Å². The monoisotopic (exact) mass is 393 g/mol. The molecule has 6 heterocycles. The zero-order chi connectivity index (χ0) is 20.1. The number of pyridine rings is 2. The number of fused-ring (bicyclic) bond motifs is 2. The van der Waals surface area contributed by atoms with Gasteiger partial charge in [-0.1, -0.05) is 0 Å². The summed E-state index contributed by atoms with van der Waals surface area (Å²) in [5, 5.41) is 8.55. The zero-order valence-electron chi connectivity index (χ0n) is 15.9. The zero-order valence-corrected chi connectivity index (χ0v) is 15.9. The van der Waals surface area contributed by atoms with Crippen molar-refractivity contribution < 1.29 is 0 Å². The van der Waals surface area contributed by atoms with Crippen LogP contribution in [0, 0.1) is 6.92 Å². The molecule has 0 aliphatic rings. The van der Waals surface area contributed by atoms with Gasteiger partial charge in [0.25, 0.3) is 0 Å². The Bertz CT molecular complexity index is 1510. The molecule has 0 aromatic carbocycles. The van der Waals surface area contributed by atoms with Gasteiger partial charge in [0.2, 0.25) is 0 Å². The highest BCUT2D eigenvalue weighted by Gasteiger charge is 2.16. The lowest BCUT2D eigenvalue weighted by atomic mass is 10.2. The van der Waals surface area contributed by atoms with E-state index in [-0.39, 0.29) is 0 Å². The molecule has 9 nitrogen and oxygen atoms in total. The van der Waals surface area contributed by atoms with Crippen molar-refractivity contribution in [2.45, 2.75) is 6.92 Å². The van der Waals surface area contributed by atoms with E-state index < -0.39 is 0 Å². The molecule has 0 spiro atoms. The maximum Gasteiger partial charge on any atom is 0.139 e. The summed E-state index contributed by atoms with van der Waals surface area (Å²) in [6, 6.07) is 7.90. The van der Waals surface area contributed by atoms with Crippen LogP contribution in [0.2, 0.25) is 0 Å². The molecule has 0 amide bonds. The average Bonchev–Trinajstić information content (AvgIpc) is 3.51. The van der Waals surface area contributed by atoms with Crippen LogP contribution in [-0.2, 0) is 0 Å². The third-order valence-electron chi connectivity index (χ3n) is 5.02. The van der Waals surface area contributed by atoms with E-state index in [0.29, 0.717) is 0 Å². The van der Waals surface area contributed by atoms with Crippen molar-refractivity contribution in [3.63, 3.8) is 0 Å². The number of hydrogen-bond donors (Lipinski definition) is 2. The Morgan fingerprint density at radius 2 is 1.93 bits per heavy atom.